The molecule has 2 atom stereocenters. The van der Waals surface area contributed by atoms with Crippen LogP contribution in [0.5, 0.6) is 11.5 Å². The Morgan fingerprint density at radius 1 is 0.676 bits per heavy atom. The number of hydrogen-bond donors (Lipinski definition) is 2. The number of benzene rings is 4. The van der Waals surface area contributed by atoms with Gasteiger partial charge in [0.25, 0.3) is 0 Å². The van der Waals surface area contributed by atoms with Crippen LogP contribution in [0.4, 0.5) is 4.79 Å². The van der Waals surface area contributed by atoms with Gasteiger partial charge in [-0.05, 0) is 140 Å². The Labute approximate surface area is 558 Å². The zero-order chi connectivity index (χ0) is 50.3. The standard InChI is InChI=1S/C27H34ClNO3.C18H25NO3.C9H10BrCl.CH2O3.2Cs/c1-4-20-7-6-8-25(28)24(20)16-32-23-10-9-21-13-27(14-22(21)12-23)17-29(18-27)15-19(3)11-26(30)31-5-2;1-3-22-17(21)6-13(2)10-19-11-18(12-19)8-14-4-5-16(20)7-15(14)9-18;1-2-7-4-3-5-9(11)8(7)6-10;2-1(3)4;;/h6-10,12,19H,4-5,11,13-18H2,1-3H3;4-5,7,13,20H,3,6,8-12H2,1-2H3;3-5H,2,6H2,1H3;(H2,2,3,4);;/q;;;;2*+1/p-1. The first-order valence-corrected chi connectivity index (χ1v) is 26.1. The van der Waals surface area contributed by atoms with E-state index in [0.717, 1.165) is 104 Å². The third-order valence-corrected chi connectivity index (χ3v) is 14.6. The van der Waals surface area contributed by atoms with Gasteiger partial charge in [-0.1, -0.05) is 103 Å². The quantitative estimate of drug-likeness (QED) is 0.120. The number of likely N-dealkylation sites (tertiary alicyclic amines) is 2. The number of carbonyl (C=O) groups excluding carboxylic acids is 2. The van der Waals surface area contributed by atoms with Crippen LogP contribution in [-0.4, -0.2) is 90.6 Å². The molecule has 0 saturated carbocycles. The molecule has 4 aromatic rings. The van der Waals surface area contributed by atoms with Gasteiger partial charge in [0.15, 0.2) is 0 Å². The summed E-state index contributed by atoms with van der Waals surface area (Å²) in [6.45, 7) is 20.0. The third-order valence-electron chi connectivity index (χ3n) is 13.4. The summed E-state index contributed by atoms with van der Waals surface area (Å²) >= 11 is 15.8. The van der Waals surface area contributed by atoms with Gasteiger partial charge in [0, 0.05) is 83.9 Å². The Morgan fingerprint density at radius 2 is 1.10 bits per heavy atom. The largest absolute Gasteiger partial charge is 1.00 e. The fraction of sp³-hybridized carbons (Fsp3) is 0.509. The molecule has 0 amide bonds. The summed E-state index contributed by atoms with van der Waals surface area (Å²) in [5.41, 5.74) is 11.1. The van der Waals surface area contributed by atoms with Crippen molar-refractivity contribution in [2.75, 3.05) is 52.5 Å². The monoisotopic (exact) mass is 1320 g/mol. The number of nitrogens with zero attached hydrogens (tertiary/aromatic N) is 2. The molecule has 71 heavy (non-hydrogen) atoms. The average Bonchev–Trinajstić information content (AvgIpc) is 3.84. The Hall–Kier alpha value is -0.226. The van der Waals surface area contributed by atoms with Gasteiger partial charge < -0.3 is 44.1 Å². The first-order valence-electron chi connectivity index (χ1n) is 24.2. The molecule has 0 bridgehead atoms. The van der Waals surface area contributed by atoms with Crippen molar-refractivity contribution in [3.05, 3.63) is 127 Å². The van der Waals surface area contributed by atoms with Crippen LogP contribution in [0.1, 0.15) is 98.9 Å². The SMILES string of the molecule is CCOC(=O)CC(C)CN1CC2(Cc3ccc(O)cc3C2)C1.CCOC(=O)CC(C)CN1CC2(Cc3ccc(OCc4c(Cl)cccc4CC)cc3C2)C1.CCc1cccc(Cl)c1CBr.O=C([O-])O.[Cs+].[Cs+]. The predicted octanol–water partition coefficient (Wildman–Crippen LogP) is 4.55. The first-order chi connectivity index (χ1) is 32.9. The van der Waals surface area contributed by atoms with Gasteiger partial charge in [-0.2, -0.15) is 0 Å². The van der Waals surface area contributed by atoms with Gasteiger partial charge in [-0.3, -0.25) is 9.59 Å². The van der Waals surface area contributed by atoms with Gasteiger partial charge in [0.2, 0.25) is 6.16 Å². The zero-order valence-electron chi connectivity index (χ0n) is 43.1. The molecule has 2 unspecified atom stereocenters. The van der Waals surface area contributed by atoms with Crippen LogP contribution in [0.25, 0.3) is 0 Å². The van der Waals surface area contributed by atoms with E-state index in [4.69, 9.17) is 52.4 Å². The van der Waals surface area contributed by atoms with Crippen LogP contribution < -0.4 is 148 Å². The van der Waals surface area contributed by atoms with Gasteiger partial charge in [0.1, 0.15) is 18.1 Å². The van der Waals surface area contributed by atoms with E-state index in [9.17, 15) is 14.7 Å². The number of ether oxygens (including phenoxy) is 3. The third kappa shape index (κ3) is 19.9. The van der Waals surface area contributed by atoms with E-state index >= 15 is 0 Å². The van der Waals surface area contributed by atoms with E-state index in [2.05, 4.69) is 89.8 Å². The molecular formula is C55H70BrCl2Cs2N2O9+. The Bertz CT molecular complexity index is 2360. The summed E-state index contributed by atoms with van der Waals surface area (Å²) in [7, 11) is 0. The molecule has 0 radical (unpaired) electrons. The van der Waals surface area contributed by atoms with Gasteiger partial charge >= 0.3 is 150 Å². The van der Waals surface area contributed by atoms with Crippen LogP contribution in [0.3, 0.4) is 0 Å². The maximum atomic E-state index is 11.7. The van der Waals surface area contributed by atoms with Crippen LogP contribution in [0.15, 0.2) is 72.8 Å². The molecule has 0 aromatic heterocycles. The molecule has 376 valence electrons. The van der Waals surface area contributed by atoms with E-state index in [0.29, 0.717) is 61.1 Å². The molecule has 4 aromatic carbocycles. The van der Waals surface area contributed by atoms with Crippen molar-refractivity contribution in [2.24, 2.45) is 22.7 Å². The van der Waals surface area contributed by atoms with Crippen LogP contribution in [-0.2, 0) is 69.5 Å². The fourth-order valence-electron chi connectivity index (χ4n) is 10.6. The molecule has 2 aliphatic heterocycles. The maximum Gasteiger partial charge on any atom is 1.00 e. The maximum absolute atomic E-state index is 11.7. The van der Waals surface area contributed by atoms with Crippen LogP contribution in [0.2, 0.25) is 10.0 Å². The van der Waals surface area contributed by atoms with Gasteiger partial charge in [-0.25, -0.2) is 0 Å². The van der Waals surface area contributed by atoms with E-state index in [1.807, 2.05) is 44.2 Å². The summed E-state index contributed by atoms with van der Waals surface area (Å²) in [4.78, 5) is 36.6. The normalized spacial score (nSPS) is 16.2. The molecule has 16 heteroatoms. The number of fused-ring (bicyclic) bond motifs is 2. The topological polar surface area (TPSA) is 149 Å². The predicted molar refractivity (Wildman–Crippen MR) is 275 cm³/mol. The minimum Gasteiger partial charge on any atom is -0.565 e. The number of alkyl halides is 1. The molecular weight excluding hydrogens is 1250 g/mol. The number of phenols is 1. The molecule has 2 heterocycles. The summed E-state index contributed by atoms with van der Waals surface area (Å²) in [5, 5.41) is 27.4. The Balaban J connectivity index is 0.000000295. The van der Waals surface area contributed by atoms with Crippen molar-refractivity contribution < 1.29 is 182 Å². The minimum absolute atomic E-state index is 0. The smallest absolute Gasteiger partial charge is 0.565 e. The number of rotatable bonds is 16. The second-order valence-corrected chi connectivity index (χ2v) is 20.7. The number of carbonyl (C=O) groups is 3. The number of esters is 2. The number of hydrogen-bond acceptors (Lipinski definition) is 10. The summed E-state index contributed by atoms with van der Waals surface area (Å²) in [6.07, 6.45) is 5.34. The first kappa shape index (κ1) is 65.1. The van der Waals surface area contributed by atoms with E-state index in [1.165, 1.54) is 38.9 Å². The Kier molecular flexibility index (Phi) is 29.2. The van der Waals surface area contributed by atoms with Gasteiger partial charge in [0.05, 0.1) is 13.2 Å². The zero-order valence-corrected chi connectivity index (χ0v) is 58.7. The Morgan fingerprint density at radius 3 is 1.54 bits per heavy atom. The van der Waals surface area contributed by atoms with E-state index in [1.54, 1.807) is 6.07 Å². The number of phenolic OH excluding ortho intramolecular Hbond substituents is 1. The molecule has 11 nitrogen and oxygen atoms in total. The van der Waals surface area contributed by atoms with E-state index < -0.39 is 6.16 Å². The van der Waals surface area contributed by atoms with Crippen molar-refractivity contribution in [3.8, 4) is 11.5 Å². The number of aryl methyl sites for hydroxylation is 2. The second-order valence-electron chi connectivity index (χ2n) is 19.3. The van der Waals surface area contributed by atoms with Crippen LogP contribution in [0, 0.1) is 22.7 Å². The molecule has 2 fully saturated rings. The van der Waals surface area contributed by atoms with Crippen molar-refractivity contribution in [1.29, 1.82) is 0 Å². The summed E-state index contributed by atoms with van der Waals surface area (Å²) in [5.74, 6) is 1.78. The number of carboxylic acid groups (broad SMARTS) is 2. The van der Waals surface area contributed by atoms with Gasteiger partial charge in [-0.15, -0.1) is 0 Å². The number of aromatic hydroxyl groups is 1. The molecule has 2 spiro atoms. The van der Waals surface area contributed by atoms with Crippen molar-refractivity contribution in [3.63, 3.8) is 0 Å². The minimum atomic E-state index is -2.08. The summed E-state index contributed by atoms with van der Waals surface area (Å²) < 4.78 is 16.2. The van der Waals surface area contributed by atoms with Crippen molar-refractivity contribution in [2.45, 2.75) is 105 Å². The number of halogens is 3. The van der Waals surface area contributed by atoms with E-state index in [-0.39, 0.29) is 150 Å². The average molecular weight is 1320 g/mol. The molecule has 2 N–H and O–H groups in total. The van der Waals surface area contributed by atoms with Crippen LogP contribution >= 0.6 is 39.1 Å². The molecule has 2 aliphatic carbocycles. The molecule has 8 rings (SSSR count). The van der Waals surface area contributed by atoms with Crippen molar-refractivity contribution in [1.82, 2.24) is 9.80 Å². The van der Waals surface area contributed by atoms with Crippen molar-refractivity contribution >= 4 is 57.2 Å². The fourth-order valence-corrected chi connectivity index (χ4v) is 11.9. The molecule has 2 saturated heterocycles. The second kappa shape index (κ2) is 31.9. The summed E-state index contributed by atoms with van der Waals surface area (Å²) in [6, 6.07) is 24.4. The molecule has 4 aliphatic rings.